The van der Waals surface area contributed by atoms with Gasteiger partial charge in [0.25, 0.3) is 5.91 Å². The summed E-state index contributed by atoms with van der Waals surface area (Å²) in [6.45, 7) is 6.29. The topological polar surface area (TPSA) is 67.2 Å². The number of hydrogen-bond acceptors (Lipinski definition) is 3. The van der Waals surface area contributed by atoms with Gasteiger partial charge in [0.05, 0.1) is 17.4 Å². The van der Waals surface area contributed by atoms with Gasteiger partial charge in [-0.15, -0.1) is 0 Å². The van der Waals surface area contributed by atoms with Gasteiger partial charge in [-0.25, -0.2) is 8.78 Å². The van der Waals surface area contributed by atoms with Gasteiger partial charge in [-0.2, -0.15) is 0 Å². The number of nitrogens with one attached hydrogen (secondary N) is 2. The van der Waals surface area contributed by atoms with E-state index in [1.807, 2.05) is 51.1 Å². The first-order valence-electron chi connectivity index (χ1n) is 10.4. The zero-order valence-electron chi connectivity index (χ0n) is 18.1. The number of benzene rings is 3. The molecule has 3 aromatic carbocycles. The van der Waals surface area contributed by atoms with Crippen molar-refractivity contribution in [2.45, 2.75) is 39.8 Å². The van der Waals surface area contributed by atoms with Gasteiger partial charge in [0, 0.05) is 12.1 Å². The molecular weight excluding hydrogens is 396 g/mol. The van der Waals surface area contributed by atoms with Crippen LogP contribution in [0.2, 0.25) is 0 Å². The number of hydrogen-bond donors (Lipinski definition) is 3. The Balaban J connectivity index is 0.00000166. The predicted molar refractivity (Wildman–Crippen MR) is 123 cm³/mol. The Morgan fingerprint density at radius 1 is 0.968 bits per heavy atom. The van der Waals surface area contributed by atoms with E-state index in [9.17, 15) is 13.6 Å². The maximum atomic E-state index is 13.3. The molecule has 4 nitrogen and oxygen atoms in total. The third kappa shape index (κ3) is 6.54. The Morgan fingerprint density at radius 3 is 2.29 bits per heavy atom. The molecule has 0 bridgehead atoms. The SMILES string of the molecule is CC.CCC(NC(=O)c1ccc(NCc2ccc(F)c(F)c2)c(N)c1)c1ccccc1. The van der Waals surface area contributed by atoms with E-state index in [2.05, 4.69) is 10.6 Å². The highest BCUT2D eigenvalue weighted by molar-refractivity contribution is 5.96. The van der Waals surface area contributed by atoms with Crippen LogP contribution in [0.5, 0.6) is 0 Å². The summed E-state index contributed by atoms with van der Waals surface area (Å²) in [6, 6.07) is 18.4. The maximum absolute atomic E-state index is 13.3. The lowest BCUT2D eigenvalue weighted by Crippen LogP contribution is -2.28. The number of rotatable bonds is 7. The quantitative estimate of drug-likeness (QED) is 0.403. The van der Waals surface area contributed by atoms with Crippen molar-refractivity contribution in [3.05, 3.63) is 95.1 Å². The number of nitrogen functional groups attached to an aromatic ring is 1. The number of halogens is 2. The molecule has 0 aliphatic carbocycles. The molecule has 3 rings (SSSR count). The van der Waals surface area contributed by atoms with Gasteiger partial charge < -0.3 is 16.4 Å². The Kier molecular flexibility index (Phi) is 9.00. The molecule has 0 saturated carbocycles. The summed E-state index contributed by atoms with van der Waals surface area (Å²) in [5, 5.41) is 6.10. The van der Waals surface area contributed by atoms with Gasteiger partial charge in [0.15, 0.2) is 11.6 Å². The number of anilines is 2. The molecule has 4 N–H and O–H groups in total. The van der Waals surface area contributed by atoms with Gasteiger partial charge in [-0.05, 0) is 47.9 Å². The molecule has 0 radical (unpaired) electrons. The molecule has 1 unspecified atom stereocenters. The second-order valence-corrected chi connectivity index (χ2v) is 6.75. The van der Waals surface area contributed by atoms with Gasteiger partial charge in [-0.3, -0.25) is 4.79 Å². The van der Waals surface area contributed by atoms with Crippen LogP contribution in [0.4, 0.5) is 20.2 Å². The largest absolute Gasteiger partial charge is 0.397 e. The van der Waals surface area contributed by atoms with Crippen LogP contribution in [0.1, 0.15) is 54.7 Å². The fraction of sp³-hybridized carbons (Fsp3) is 0.240. The molecule has 0 aromatic heterocycles. The van der Waals surface area contributed by atoms with Crippen molar-refractivity contribution < 1.29 is 13.6 Å². The molecule has 0 spiro atoms. The van der Waals surface area contributed by atoms with Crippen molar-refractivity contribution in [1.82, 2.24) is 5.32 Å². The minimum Gasteiger partial charge on any atom is -0.397 e. The van der Waals surface area contributed by atoms with E-state index >= 15 is 0 Å². The third-order valence-corrected chi connectivity index (χ3v) is 4.70. The zero-order chi connectivity index (χ0) is 22.8. The molecule has 31 heavy (non-hydrogen) atoms. The van der Waals surface area contributed by atoms with Gasteiger partial charge in [0.1, 0.15) is 0 Å². The minimum absolute atomic E-state index is 0.0869. The van der Waals surface area contributed by atoms with E-state index in [-0.39, 0.29) is 18.5 Å². The van der Waals surface area contributed by atoms with Crippen LogP contribution < -0.4 is 16.4 Å². The van der Waals surface area contributed by atoms with E-state index < -0.39 is 11.6 Å². The number of amides is 1. The third-order valence-electron chi connectivity index (χ3n) is 4.70. The maximum Gasteiger partial charge on any atom is 0.251 e. The molecule has 0 heterocycles. The summed E-state index contributed by atoms with van der Waals surface area (Å²) >= 11 is 0. The minimum atomic E-state index is -0.895. The molecule has 3 aromatic rings. The number of nitrogens with two attached hydrogens (primary N) is 1. The van der Waals surface area contributed by atoms with Gasteiger partial charge >= 0.3 is 0 Å². The average Bonchev–Trinajstić information content (AvgIpc) is 2.80. The van der Waals surface area contributed by atoms with Crippen molar-refractivity contribution >= 4 is 17.3 Å². The first-order valence-corrected chi connectivity index (χ1v) is 10.4. The summed E-state index contributed by atoms with van der Waals surface area (Å²) in [5.74, 6) is -1.99. The normalized spacial score (nSPS) is 11.1. The second kappa shape index (κ2) is 11.7. The fourth-order valence-corrected chi connectivity index (χ4v) is 3.06. The van der Waals surface area contributed by atoms with Crippen LogP contribution in [0.25, 0.3) is 0 Å². The standard InChI is InChI=1S/C23H23F2N3O.C2H6/c1-2-21(16-6-4-3-5-7-16)28-23(29)17-9-11-22(20(26)13-17)27-14-15-8-10-18(24)19(25)12-15;1-2/h3-13,21,27H,2,14,26H2,1H3,(H,28,29);1-2H3. The summed E-state index contributed by atoms with van der Waals surface area (Å²) < 4.78 is 26.3. The van der Waals surface area contributed by atoms with E-state index in [1.54, 1.807) is 18.2 Å². The highest BCUT2D eigenvalue weighted by Crippen LogP contribution is 2.22. The monoisotopic (exact) mass is 425 g/mol. The molecule has 0 fully saturated rings. The van der Waals surface area contributed by atoms with Crippen molar-refractivity contribution in [3.8, 4) is 0 Å². The Labute approximate surface area is 182 Å². The second-order valence-electron chi connectivity index (χ2n) is 6.75. The first-order chi connectivity index (χ1) is 15.0. The number of carbonyl (C=O) groups is 1. The Morgan fingerprint density at radius 2 is 1.68 bits per heavy atom. The van der Waals surface area contributed by atoms with Crippen molar-refractivity contribution in [2.75, 3.05) is 11.1 Å². The van der Waals surface area contributed by atoms with E-state index in [1.165, 1.54) is 6.07 Å². The van der Waals surface area contributed by atoms with Crippen LogP contribution in [-0.4, -0.2) is 5.91 Å². The van der Waals surface area contributed by atoms with Gasteiger partial charge in [0.2, 0.25) is 0 Å². The van der Waals surface area contributed by atoms with E-state index in [4.69, 9.17) is 5.73 Å². The fourth-order valence-electron chi connectivity index (χ4n) is 3.06. The highest BCUT2D eigenvalue weighted by Gasteiger charge is 2.15. The predicted octanol–water partition coefficient (Wildman–Crippen LogP) is 6.07. The Hall–Kier alpha value is -3.41. The molecule has 0 saturated heterocycles. The lowest BCUT2D eigenvalue weighted by atomic mass is 10.0. The molecule has 0 aliphatic rings. The molecule has 164 valence electrons. The number of carbonyl (C=O) groups excluding carboxylic acids is 1. The lowest BCUT2D eigenvalue weighted by Gasteiger charge is -2.18. The smallest absolute Gasteiger partial charge is 0.251 e. The summed E-state index contributed by atoms with van der Waals surface area (Å²) in [6.07, 6.45) is 0.763. The lowest BCUT2D eigenvalue weighted by molar-refractivity contribution is 0.0935. The molecule has 1 amide bonds. The summed E-state index contributed by atoms with van der Waals surface area (Å²) in [7, 11) is 0. The van der Waals surface area contributed by atoms with Crippen molar-refractivity contribution in [2.24, 2.45) is 0 Å². The summed E-state index contributed by atoms with van der Waals surface area (Å²) in [4.78, 5) is 12.6. The Bertz CT molecular complexity index is 993. The van der Waals surface area contributed by atoms with Crippen LogP contribution in [0.3, 0.4) is 0 Å². The van der Waals surface area contributed by atoms with Crippen LogP contribution in [-0.2, 0) is 6.54 Å². The van der Waals surface area contributed by atoms with Gasteiger partial charge in [-0.1, -0.05) is 57.2 Å². The van der Waals surface area contributed by atoms with Crippen molar-refractivity contribution in [1.29, 1.82) is 0 Å². The summed E-state index contributed by atoms with van der Waals surface area (Å²) in [5.41, 5.74) is 9.16. The zero-order valence-corrected chi connectivity index (χ0v) is 18.1. The average molecular weight is 426 g/mol. The molecule has 1 atom stereocenters. The molecular formula is C25H29F2N3O. The molecule has 6 heteroatoms. The van der Waals surface area contributed by atoms with Crippen molar-refractivity contribution in [3.63, 3.8) is 0 Å². The highest BCUT2D eigenvalue weighted by atomic mass is 19.2. The van der Waals surface area contributed by atoms with Crippen LogP contribution >= 0.6 is 0 Å². The van der Waals surface area contributed by atoms with E-state index in [0.717, 1.165) is 24.1 Å². The van der Waals surface area contributed by atoms with Crippen LogP contribution in [0.15, 0.2) is 66.7 Å². The first kappa shape index (κ1) is 23.9. The van der Waals surface area contributed by atoms with Crippen LogP contribution in [0, 0.1) is 11.6 Å². The molecule has 0 aliphatic heterocycles. The van der Waals surface area contributed by atoms with E-state index in [0.29, 0.717) is 22.5 Å².